The summed E-state index contributed by atoms with van der Waals surface area (Å²) in [6.45, 7) is 0. The summed E-state index contributed by atoms with van der Waals surface area (Å²) < 4.78 is 24.6. The number of rotatable bonds is 4. The second-order valence-electron chi connectivity index (χ2n) is 5.01. The molecule has 0 fully saturated rings. The zero-order valence-corrected chi connectivity index (χ0v) is 13.0. The normalized spacial score (nSPS) is 11.3. The quantitative estimate of drug-likeness (QED) is 0.682. The summed E-state index contributed by atoms with van der Waals surface area (Å²) in [6, 6.07) is 13.6. The van der Waals surface area contributed by atoms with Crippen LogP contribution in [0, 0.1) is 0 Å². The molecule has 0 spiro atoms. The van der Waals surface area contributed by atoms with Crippen molar-refractivity contribution in [3.05, 3.63) is 54.1 Å². The third-order valence-corrected chi connectivity index (χ3v) is 3.68. The zero-order chi connectivity index (χ0) is 16.4. The molecule has 118 valence electrons. The molecule has 1 aromatic heterocycles. The number of fused-ring (bicyclic) bond motifs is 1. The molecule has 3 rings (SSSR count). The third kappa shape index (κ3) is 3.67. The van der Waals surface area contributed by atoms with Crippen molar-refractivity contribution in [1.29, 1.82) is 0 Å². The van der Waals surface area contributed by atoms with Crippen LogP contribution in [0.1, 0.15) is 10.4 Å². The lowest BCUT2D eigenvalue weighted by Gasteiger charge is -2.05. The van der Waals surface area contributed by atoms with Gasteiger partial charge in [0.15, 0.2) is 0 Å². The number of anilines is 2. The second kappa shape index (κ2) is 5.73. The van der Waals surface area contributed by atoms with Gasteiger partial charge in [0.05, 0.1) is 17.3 Å². The first kappa shape index (κ1) is 15.0. The lowest BCUT2D eigenvalue weighted by Crippen LogP contribution is -2.13. The Morgan fingerprint density at radius 2 is 1.78 bits per heavy atom. The summed E-state index contributed by atoms with van der Waals surface area (Å²) in [5.74, 6) is 0.0181. The number of H-pyrrole nitrogens is 1. The fourth-order valence-corrected chi connectivity index (χ4v) is 2.66. The molecule has 0 bridgehead atoms. The van der Waals surface area contributed by atoms with E-state index in [9.17, 15) is 13.2 Å². The fraction of sp³-hybridized carbons (Fsp3) is 0.0667. The molecule has 8 heteroatoms. The minimum absolute atomic E-state index is 0.338. The van der Waals surface area contributed by atoms with E-state index in [0.29, 0.717) is 17.2 Å². The maximum atomic E-state index is 12.2. The highest BCUT2D eigenvalue weighted by Crippen LogP contribution is 2.15. The van der Waals surface area contributed by atoms with E-state index in [4.69, 9.17) is 0 Å². The Labute approximate surface area is 132 Å². The van der Waals surface area contributed by atoms with E-state index in [1.165, 1.54) is 24.3 Å². The zero-order valence-electron chi connectivity index (χ0n) is 12.2. The topological polar surface area (TPSA) is 104 Å². The molecule has 0 unspecified atom stereocenters. The van der Waals surface area contributed by atoms with E-state index in [-0.39, 0.29) is 5.91 Å². The molecular weight excluding hydrogens is 316 g/mol. The number of hydrogen-bond acceptors (Lipinski definition) is 4. The number of nitrogens with zero attached hydrogens (tertiary/aromatic N) is 1. The molecule has 0 saturated heterocycles. The summed E-state index contributed by atoms with van der Waals surface area (Å²) in [6.07, 6.45) is 1.06. The Morgan fingerprint density at radius 1 is 1.09 bits per heavy atom. The Balaban J connectivity index is 1.75. The largest absolute Gasteiger partial charge is 0.324 e. The number of hydrogen-bond donors (Lipinski definition) is 3. The van der Waals surface area contributed by atoms with Crippen molar-refractivity contribution in [2.75, 3.05) is 16.3 Å². The van der Waals surface area contributed by atoms with Crippen LogP contribution in [0.4, 0.5) is 11.6 Å². The molecule has 0 atom stereocenters. The van der Waals surface area contributed by atoms with Crippen molar-refractivity contribution in [2.24, 2.45) is 0 Å². The summed E-state index contributed by atoms with van der Waals surface area (Å²) in [5.41, 5.74) is 2.38. The Bertz CT molecular complexity index is 929. The van der Waals surface area contributed by atoms with Crippen LogP contribution in [0.15, 0.2) is 48.5 Å². The highest BCUT2D eigenvalue weighted by Gasteiger charge is 2.10. The van der Waals surface area contributed by atoms with Gasteiger partial charge in [-0.25, -0.2) is 13.4 Å². The van der Waals surface area contributed by atoms with Gasteiger partial charge in [0.2, 0.25) is 16.0 Å². The summed E-state index contributed by atoms with van der Waals surface area (Å²) in [5, 5.41) is 2.67. The molecule has 0 aliphatic rings. The van der Waals surface area contributed by atoms with Gasteiger partial charge in [-0.2, -0.15) is 0 Å². The summed E-state index contributed by atoms with van der Waals surface area (Å²) in [4.78, 5) is 19.4. The van der Waals surface area contributed by atoms with Crippen LogP contribution in [-0.4, -0.2) is 30.5 Å². The Kier molecular flexibility index (Phi) is 3.75. The van der Waals surface area contributed by atoms with Gasteiger partial charge in [-0.05, 0) is 36.4 Å². The molecule has 0 aliphatic carbocycles. The van der Waals surface area contributed by atoms with Crippen molar-refractivity contribution in [3.63, 3.8) is 0 Å². The summed E-state index contributed by atoms with van der Waals surface area (Å²) >= 11 is 0. The first-order chi connectivity index (χ1) is 10.9. The van der Waals surface area contributed by atoms with Gasteiger partial charge in [0, 0.05) is 11.3 Å². The first-order valence-electron chi connectivity index (χ1n) is 6.75. The number of nitrogens with one attached hydrogen (secondary N) is 3. The number of carbonyl (C=O) groups is 1. The van der Waals surface area contributed by atoms with Crippen LogP contribution < -0.4 is 10.0 Å². The lowest BCUT2D eigenvalue weighted by atomic mass is 10.2. The second-order valence-corrected chi connectivity index (χ2v) is 6.76. The Hall–Kier alpha value is -2.87. The molecule has 3 N–H and O–H groups in total. The van der Waals surface area contributed by atoms with Crippen LogP contribution in [0.2, 0.25) is 0 Å². The van der Waals surface area contributed by atoms with Crippen LogP contribution >= 0.6 is 0 Å². The standard InChI is InChI=1S/C15H14N4O3S/c1-23(21,22)19-11-8-6-10(7-9-11)14(20)18-15-16-12-4-2-3-5-13(12)17-15/h2-9,19H,1H3,(H2,16,17,18,20). The first-order valence-corrected chi connectivity index (χ1v) is 8.64. The maximum Gasteiger partial charge on any atom is 0.257 e. The van der Waals surface area contributed by atoms with Gasteiger partial charge >= 0.3 is 0 Å². The number of aromatic amines is 1. The molecule has 7 nitrogen and oxygen atoms in total. The van der Waals surface area contributed by atoms with E-state index in [1.807, 2.05) is 24.3 Å². The van der Waals surface area contributed by atoms with Crippen LogP contribution in [0.5, 0.6) is 0 Å². The molecule has 23 heavy (non-hydrogen) atoms. The van der Waals surface area contributed by atoms with E-state index in [1.54, 1.807) is 0 Å². The number of aromatic nitrogens is 2. The average molecular weight is 330 g/mol. The third-order valence-electron chi connectivity index (χ3n) is 3.07. The van der Waals surface area contributed by atoms with Crippen LogP contribution in [-0.2, 0) is 10.0 Å². The number of benzene rings is 2. The van der Waals surface area contributed by atoms with E-state index >= 15 is 0 Å². The molecule has 1 heterocycles. The predicted molar refractivity (Wildman–Crippen MR) is 89.0 cm³/mol. The number of para-hydroxylation sites is 2. The number of sulfonamides is 1. The van der Waals surface area contributed by atoms with Crippen molar-refractivity contribution in [3.8, 4) is 0 Å². The van der Waals surface area contributed by atoms with Gasteiger partial charge in [-0.1, -0.05) is 12.1 Å². The average Bonchev–Trinajstić information content (AvgIpc) is 2.88. The maximum absolute atomic E-state index is 12.2. The van der Waals surface area contributed by atoms with Crippen LogP contribution in [0.3, 0.4) is 0 Å². The van der Waals surface area contributed by atoms with Gasteiger partial charge < -0.3 is 4.98 Å². The molecular formula is C15H14N4O3S. The Morgan fingerprint density at radius 3 is 2.43 bits per heavy atom. The molecule has 0 aliphatic heterocycles. The highest BCUT2D eigenvalue weighted by atomic mass is 32.2. The van der Waals surface area contributed by atoms with Gasteiger partial charge in [-0.3, -0.25) is 14.8 Å². The summed E-state index contributed by atoms with van der Waals surface area (Å²) in [7, 11) is -3.34. The van der Waals surface area contributed by atoms with Gasteiger partial charge in [0.1, 0.15) is 0 Å². The molecule has 3 aromatic rings. The smallest absolute Gasteiger partial charge is 0.257 e. The lowest BCUT2D eigenvalue weighted by molar-refractivity contribution is 0.102. The van der Waals surface area contributed by atoms with Gasteiger partial charge in [0.25, 0.3) is 5.91 Å². The van der Waals surface area contributed by atoms with E-state index in [2.05, 4.69) is 20.0 Å². The molecule has 0 radical (unpaired) electrons. The van der Waals surface area contributed by atoms with Crippen LogP contribution in [0.25, 0.3) is 11.0 Å². The van der Waals surface area contributed by atoms with Crippen molar-refractivity contribution >= 4 is 38.6 Å². The molecule has 2 aromatic carbocycles. The molecule has 0 saturated carbocycles. The predicted octanol–water partition coefficient (Wildman–Crippen LogP) is 2.19. The van der Waals surface area contributed by atoms with Crippen molar-refractivity contribution in [2.45, 2.75) is 0 Å². The number of amides is 1. The number of carbonyl (C=O) groups excluding carboxylic acids is 1. The molecule has 1 amide bonds. The van der Waals surface area contributed by atoms with Gasteiger partial charge in [-0.15, -0.1) is 0 Å². The van der Waals surface area contributed by atoms with Crippen molar-refractivity contribution < 1.29 is 13.2 Å². The number of imidazole rings is 1. The monoisotopic (exact) mass is 330 g/mol. The van der Waals surface area contributed by atoms with E-state index in [0.717, 1.165) is 17.3 Å². The fourth-order valence-electron chi connectivity index (χ4n) is 2.10. The SMILES string of the molecule is CS(=O)(=O)Nc1ccc(C(=O)Nc2nc3ccccc3[nH]2)cc1. The van der Waals surface area contributed by atoms with Crippen molar-refractivity contribution in [1.82, 2.24) is 9.97 Å². The highest BCUT2D eigenvalue weighted by molar-refractivity contribution is 7.92. The van der Waals surface area contributed by atoms with E-state index < -0.39 is 10.0 Å². The minimum atomic E-state index is -3.34. The minimum Gasteiger partial charge on any atom is -0.324 e.